The lowest BCUT2D eigenvalue weighted by molar-refractivity contribution is 0.151. The van der Waals surface area contributed by atoms with E-state index >= 15 is 0 Å². The van der Waals surface area contributed by atoms with Crippen LogP contribution < -0.4 is 5.32 Å². The maximum absolute atomic E-state index is 12.0. The zero-order valence-corrected chi connectivity index (χ0v) is 6.72. The molecule has 0 spiro atoms. The van der Waals surface area contributed by atoms with E-state index in [9.17, 15) is 8.78 Å². The molecule has 2 nitrogen and oxygen atoms in total. The Morgan fingerprint density at radius 1 is 1.50 bits per heavy atom. The number of pyridine rings is 1. The first-order chi connectivity index (χ1) is 5.74. The number of rotatable bonds is 3. The van der Waals surface area contributed by atoms with Crippen molar-refractivity contribution in [1.82, 2.24) is 10.3 Å². The highest BCUT2D eigenvalue weighted by atomic mass is 19.3. The number of nitrogens with one attached hydrogen (secondary N) is 1. The molecule has 1 N–H and O–H groups in total. The van der Waals surface area contributed by atoms with Crippen LogP contribution in [-0.4, -0.2) is 12.0 Å². The van der Waals surface area contributed by atoms with Crippen molar-refractivity contribution in [3.8, 4) is 0 Å². The Labute approximate surface area is 69.6 Å². The highest BCUT2D eigenvalue weighted by molar-refractivity contribution is 5.14. The standard InChI is InChI=1S/C8H10F2N2/c1-11-5-7-3-2-6(4-12-7)8(9)10/h2-4,8,11H,5H2,1H3. The van der Waals surface area contributed by atoms with Gasteiger partial charge in [-0.2, -0.15) is 0 Å². The maximum Gasteiger partial charge on any atom is 0.265 e. The van der Waals surface area contributed by atoms with Gasteiger partial charge in [-0.25, -0.2) is 8.78 Å². The van der Waals surface area contributed by atoms with Crippen molar-refractivity contribution in [2.45, 2.75) is 13.0 Å². The third-order valence-corrected chi connectivity index (χ3v) is 1.46. The minimum Gasteiger partial charge on any atom is -0.314 e. The molecule has 0 aromatic carbocycles. The van der Waals surface area contributed by atoms with Crippen molar-refractivity contribution in [3.63, 3.8) is 0 Å². The van der Waals surface area contributed by atoms with Crippen molar-refractivity contribution in [1.29, 1.82) is 0 Å². The van der Waals surface area contributed by atoms with Gasteiger partial charge in [0.05, 0.1) is 5.69 Å². The molecule has 66 valence electrons. The molecule has 12 heavy (non-hydrogen) atoms. The monoisotopic (exact) mass is 172 g/mol. The van der Waals surface area contributed by atoms with Crippen molar-refractivity contribution in [2.75, 3.05) is 7.05 Å². The van der Waals surface area contributed by atoms with Crippen LogP contribution in [0.15, 0.2) is 18.3 Å². The van der Waals surface area contributed by atoms with Gasteiger partial charge in [0.15, 0.2) is 0 Å². The molecule has 0 saturated carbocycles. The van der Waals surface area contributed by atoms with Crippen molar-refractivity contribution in [2.24, 2.45) is 0 Å². The van der Waals surface area contributed by atoms with Gasteiger partial charge in [0, 0.05) is 18.3 Å². The molecule has 0 saturated heterocycles. The topological polar surface area (TPSA) is 24.9 Å². The Kier molecular flexibility index (Phi) is 3.10. The molecule has 0 aliphatic rings. The predicted octanol–water partition coefficient (Wildman–Crippen LogP) is 1.74. The molecule has 0 atom stereocenters. The SMILES string of the molecule is CNCc1ccc(C(F)F)cn1. The van der Waals surface area contributed by atoms with E-state index in [1.54, 1.807) is 13.1 Å². The van der Waals surface area contributed by atoms with Crippen LogP contribution >= 0.6 is 0 Å². The number of nitrogens with zero attached hydrogens (tertiary/aromatic N) is 1. The number of halogens is 2. The summed E-state index contributed by atoms with van der Waals surface area (Å²) >= 11 is 0. The quantitative estimate of drug-likeness (QED) is 0.751. The van der Waals surface area contributed by atoms with Crippen LogP contribution in [0.3, 0.4) is 0 Å². The summed E-state index contributed by atoms with van der Waals surface area (Å²) in [5.74, 6) is 0. The average molecular weight is 172 g/mol. The Morgan fingerprint density at radius 2 is 2.25 bits per heavy atom. The first kappa shape index (κ1) is 9.06. The highest BCUT2D eigenvalue weighted by Crippen LogP contribution is 2.16. The summed E-state index contributed by atoms with van der Waals surface area (Å²) in [7, 11) is 1.78. The molecule has 0 radical (unpaired) electrons. The Hall–Kier alpha value is -1.03. The highest BCUT2D eigenvalue weighted by Gasteiger charge is 2.05. The van der Waals surface area contributed by atoms with E-state index in [0.717, 1.165) is 5.69 Å². The molecular formula is C8H10F2N2. The summed E-state index contributed by atoms with van der Waals surface area (Å²) < 4.78 is 24.1. The van der Waals surface area contributed by atoms with Gasteiger partial charge in [0.25, 0.3) is 6.43 Å². The second-order valence-electron chi connectivity index (χ2n) is 2.41. The molecule has 0 unspecified atom stereocenters. The van der Waals surface area contributed by atoms with E-state index in [1.807, 2.05) is 0 Å². The van der Waals surface area contributed by atoms with E-state index in [0.29, 0.717) is 6.54 Å². The van der Waals surface area contributed by atoms with Gasteiger partial charge < -0.3 is 5.32 Å². The molecule has 0 aliphatic heterocycles. The van der Waals surface area contributed by atoms with Gasteiger partial charge in [0.2, 0.25) is 0 Å². The lowest BCUT2D eigenvalue weighted by Crippen LogP contribution is -2.06. The van der Waals surface area contributed by atoms with Gasteiger partial charge in [-0.3, -0.25) is 4.98 Å². The summed E-state index contributed by atoms with van der Waals surface area (Å²) in [6, 6.07) is 2.99. The average Bonchev–Trinajstić information content (AvgIpc) is 2.06. The molecule has 1 aromatic rings. The zero-order valence-electron chi connectivity index (χ0n) is 6.72. The first-order valence-electron chi connectivity index (χ1n) is 3.61. The van der Waals surface area contributed by atoms with Gasteiger partial charge in [-0.05, 0) is 19.2 Å². The van der Waals surface area contributed by atoms with Gasteiger partial charge in [-0.15, -0.1) is 0 Å². The third kappa shape index (κ3) is 2.23. The minimum absolute atomic E-state index is 0.0325. The maximum atomic E-state index is 12.0. The molecule has 0 bridgehead atoms. The summed E-state index contributed by atoms with van der Waals surface area (Å²) in [5.41, 5.74) is 0.733. The van der Waals surface area contributed by atoms with Gasteiger partial charge in [0.1, 0.15) is 0 Å². The second-order valence-corrected chi connectivity index (χ2v) is 2.41. The molecular weight excluding hydrogens is 162 g/mol. The Bertz CT molecular complexity index is 233. The number of aromatic nitrogens is 1. The fourth-order valence-corrected chi connectivity index (χ4v) is 0.851. The molecule has 0 aliphatic carbocycles. The smallest absolute Gasteiger partial charge is 0.265 e. The Balaban J connectivity index is 2.71. The molecule has 0 fully saturated rings. The van der Waals surface area contributed by atoms with Gasteiger partial charge >= 0.3 is 0 Å². The van der Waals surface area contributed by atoms with Crippen LogP contribution in [0.4, 0.5) is 8.78 Å². The summed E-state index contributed by atoms with van der Waals surface area (Å²) in [4.78, 5) is 3.85. The van der Waals surface area contributed by atoms with E-state index in [4.69, 9.17) is 0 Å². The first-order valence-corrected chi connectivity index (χ1v) is 3.61. The van der Waals surface area contributed by atoms with Crippen LogP contribution in [-0.2, 0) is 6.54 Å². The Morgan fingerprint density at radius 3 is 2.67 bits per heavy atom. The van der Waals surface area contributed by atoms with Crippen molar-refractivity contribution >= 4 is 0 Å². The van der Waals surface area contributed by atoms with Crippen LogP contribution in [0.2, 0.25) is 0 Å². The second kappa shape index (κ2) is 4.11. The zero-order chi connectivity index (χ0) is 8.97. The summed E-state index contributed by atoms with van der Waals surface area (Å²) in [5, 5.41) is 2.88. The van der Waals surface area contributed by atoms with E-state index in [1.165, 1.54) is 12.3 Å². The molecule has 0 amide bonds. The minimum atomic E-state index is -2.43. The van der Waals surface area contributed by atoms with Crippen LogP contribution in [0, 0.1) is 0 Å². The summed E-state index contributed by atoms with van der Waals surface area (Å²) in [6.07, 6.45) is -1.22. The van der Waals surface area contributed by atoms with Crippen LogP contribution in [0.5, 0.6) is 0 Å². The van der Waals surface area contributed by atoms with Crippen LogP contribution in [0.25, 0.3) is 0 Å². The van der Waals surface area contributed by atoms with Gasteiger partial charge in [-0.1, -0.05) is 0 Å². The molecule has 1 aromatic heterocycles. The van der Waals surface area contributed by atoms with Crippen molar-refractivity contribution in [3.05, 3.63) is 29.6 Å². The summed E-state index contributed by atoms with van der Waals surface area (Å²) in [6.45, 7) is 0.601. The number of hydrogen-bond acceptors (Lipinski definition) is 2. The molecule has 1 rings (SSSR count). The van der Waals surface area contributed by atoms with Crippen molar-refractivity contribution < 1.29 is 8.78 Å². The largest absolute Gasteiger partial charge is 0.314 e. The molecule has 4 heteroatoms. The predicted molar refractivity (Wildman–Crippen MR) is 42.0 cm³/mol. The fourth-order valence-electron chi connectivity index (χ4n) is 0.851. The number of hydrogen-bond donors (Lipinski definition) is 1. The fraction of sp³-hybridized carbons (Fsp3) is 0.375. The lowest BCUT2D eigenvalue weighted by Gasteiger charge is -2.01. The molecule has 1 heterocycles. The van der Waals surface area contributed by atoms with E-state index < -0.39 is 6.43 Å². The third-order valence-electron chi connectivity index (χ3n) is 1.46. The lowest BCUT2D eigenvalue weighted by atomic mass is 10.2. The number of alkyl halides is 2. The normalized spacial score (nSPS) is 10.7. The van der Waals surface area contributed by atoms with Crippen LogP contribution in [0.1, 0.15) is 17.7 Å². The van der Waals surface area contributed by atoms with E-state index in [2.05, 4.69) is 10.3 Å². The van der Waals surface area contributed by atoms with E-state index in [-0.39, 0.29) is 5.56 Å².